The standard InChI is InChI=1S/C13H15N5O3/c1-9-15-16-17-18(9)11(13(21)14-8-12(19)20)7-10-5-3-2-4-6-10/h2-6,11H,7-8H2,1H3,(H,14,21)(H,19,20). The zero-order chi connectivity index (χ0) is 15.2. The van der Waals surface area contributed by atoms with Crippen LogP contribution in [0, 0.1) is 6.92 Å². The summed E-state index contributed by atoms with van der Waals surface area (Å²) in [6.07, 6.45) is 0.373. The van der Waals surface area contributed by atoms with Gasteiger partial charge in [0.15, 0.2) is 0 Å². The van der Waals surface area contributed by atoms with Gasteiger partial charge in [-0.2, -0.15) is 0 Å². The number of carbonyl (C=O) groups is 2. The van der Waals surface area contributed by atoms with Crippen molar-refractivity contribution in [3.8, 4) is 0 Å². The topological polar surface area (TPSA) is 110 Å². The molecular weight excluding hydrogens is 274 g/mol. The quantitative estimate of drug-likeness (QED) is 0.772. The van der Waals surface area contributed by atoms with Crippen LogP contribution in [0.3, 0.4) is 0 Å². The fourth-order valence-corrected chi connectivity index (χ4v) is 1.93. The fourth-order valence-electron chi connectivity index (χ4n) is 1.93. The van der Waals surface area contributed by atoms with E-state index in [-0.39, 0.29) is 0 Å². The minimum absolute atomic E-state index is 0.373. The molecule has 0 spiro atoms. The van der Waals surface area contributed by atoms with E-state index in [9.17, 15) is 9.59 Å². The SMILES string of the molecule is Cc1nnnn1C(Cc1ccccc1)C(=O)NCC(=O)O. The Hall–Kier alpha value is -2.77. The van der Waals surface area contributed by atoms with E-state index in [1.54, 1.807) is 6.92 Å². The number of carbonyl (C=O) groups excluding carboxylic acids is 1. The highest BCUT2D eigenvalue weighted by Gasteiger charge is 2.24. The molecule has 2 N–H and O–H groups in total. The number of amides is 1. The van der Waals surface area contributed by atoms with Gasteiger partial charge in [0.25, 0.3) is 0 Å². The summed E-state index contributed by atoms with van der Waals surface area (Å²) < 4.78 is 1.39. The molecule has 8 nitrogen and oxygen atoms in total. The maximum Gasteiger partial charge on any atom is 0.322 e. The van der Waals surface area contributed by atoms with Crippen LogP contribution in [0.2, 0.25) is 0 Å². The van der Waals surface area contributed by atoms with Gasteiger partial charge < -0.3 is 10.4 Å². The number of aryl methyl sites for hydroxylation is 1. The molecule has 2 aromatic rings. The third kappa shape index (κ3) is 3.85. The van der Waals surface area contributed by atoms with E-state index in [0.717, 1.165) is 5.56 Å². The molecule has 1 amide bonds. The van der Waals surface area contributed by atoms with E-state index in [1.165, 1.54) is 4.68 Å². The fraction of sp³-hybridized carbons (Fsp3) is 0.308. The van der Waals surface area contributed by atoms with Gasteiger partial charge in [0.2, 0.25) is 5.91 Å². The van der Waals surface area contributed by atoms with Crippen molar-refractivity contribution in [2.45, 2.75) is 19.4 Å². The molecule has 0 aliphatic carbocycles. The highest BCUT2D eigenvalue weighted by Crippen LogP contribution is 2.14. The molecule has 0 aliphatic rings. The first kappa shape index (κ1) is 14.6. The number of hydrogen-bond acceptors (Lipinski definition) is 5. The second-order valence-electron chi connectivity index (χ2n) is 4.49. The van der Waals surface area contributed by atoms with E-state index in [1.807, 2.05) is 30.3 Å². The van der Waals surface area contributed by atoms with Crippen molar-refractivity contribution in [2.75, 3.05) is 6.54 Å². The van der Waals surface area contributed by atoms with E-state index in [4.69, 9.17) is 5.11 Å². The molecule has 21 heavy (non-hydrogen) atoms. The number of carboxylic acids is 1. The lowest BCUT2D eigenvalue weighted by Gasteiger charge is -2.17. The summed E-state index contributed by atoms with van der Waals surface area (Å²) in [7, 11) is 0. The van der Waals surface area contributed by atoms with Crippen LogP contribution in [0.15, 0.2) is 30.3 Å². The molecule has 0 bridgehead atoms. The molecule has 0 aliphatic heterocycles. The smallest absolute Gasteiger partial charge is 0.322 e. The maximum absolute atomic E-state index is 12.2. The Labute approximate surface area is 120 Å². The Balaban J connectivity index is 2.20. The number of nitrogens with one attached hydrogen (secondary N) is 1. The number of rotatable bonds is 6. The van der Waals surface area contributed by atoms with E-state index in [2.05, 4.69) is 20.8 Å². The first-order chi connectivity index (χ1) is 10.1. The number of hydrogen-bond donors (Lipinski definition) is 2. The third-order valence-corrected chi connectivity index (χ3v) is 2.94. The van der Waals surface area contributed by atoms with Crippen molar-refractivity contribution in [1.29, 1.82) is 0 Å². The van der Waals surface area contributed by atoms with Crippen LogP contribution in [0.5, 0.6) is 0 Å². The predicted octanol–water partition coefficient (Wildman–Crippen LogP) is -0.0339. The summed E-state index contributed by atoms with van der Waals surface area (Å²) in [5, 5.41) is 22.1. The van der Waals surface area contributed by atoms with E-state index >= 15 is 0 Å². The van der Waals surface area contributed by atoms with Crippen molar-refractivity contribution in [1.82, 2.24) is 25.5 Å². The first-order valence-corrected chi connectivity index (χ1v) is 6.36. The van der Waals surface area contributed by atoms with Gasteiger partial charge >= 0.3 is 5.97 Å². The molecule has 0 fully saturated rings. The number of carboxylic acid groups (broad SMARTS) is 1. The largest absolute Gasteiger partial charge is 0.480 e. The van der Waals surface area contributed by atoms with Gasteiger partial charge in [-0.25, -0.2) is 4.68 Å². The van der Waals surface area contributed by atoms with Crippen molar-refractivity contribution in [2.24, 2.45) is 0 Å². The lowest BCUT2D eigenvalue weighted by atomic mass is 10.1. The van der Waals surface area contributed by atoms with Crippen molar-refractivity contribution < 1.29 is 14.7 Å². The summed E-state index contributed by atoms with van der Waals surface area (Å²) in [6.45, 7) is 1.24. The van der Waals surface area contributed by atoms with Crippen LogP contribution >= 0.6 is 0 Å². The summed E-state index contributed by atoms with van der Waals surface area (Å²) in [5.41, 5.74) is 0.933. The highest BCUT2D eigenvalue weighted by molar-refractivity contribution is 5.84. The lowest BCUT2D eigenvalue weighted by molar-refractivity contribution is -0.138. The Morgan fingerprint density at radius 1 is 1.33 bits per heavy atom. The van der Waals surface area contributed by atoms with Gasteiger partial charge in [0.05, 0.1) is 0 Å². The van der Waals surface area contributed by atoms with E-state index < -0.39 is 24.5 Å². The number of aromatic nitrogens is 4. The average Bonchev–Trinajstić information content (AvgIpc) is 2.89. The highest BCUT2D eigenvalue weighted by atomic mass is 16.4. The number of aliphatic carboxylic acids is 1. The monoisotopic (exact) mass is 289 g/mol. The van der Waals surface area contributed by atoms with Gasteiger partial charge in [-0.1, -0.05) is 30.3 Å². The molecule has 0 saturated carbocycles. The van der Waals surface area contributed by atoms with Crippen LogP contribution in [0.25, 0.3) is 0 Å². The summed E-state index contributed by atoms with van der Waals surface area (Å²) in [6, 6.07) is 8.70. The minimum atomic E-state index is -1.10. The number of benzene rings is 1. The zero-order valence-electron chi connectivity index (χ0n) is 11.4. The van der Waals surface area contributed by atoms with Gasteiger partial charge in [0, 0.05) is 6.42 Å². The third-order valence-electron chi connectivity index (χ3n) is 2.94. The molecule has 0 saturated heterocycles. The van der Waals surface area contributed by atoms with Crippen LogP contribution in [0.1, 0.15) is 17.4 Å². The molecule has 1 aromatic carbocycles. The molecular formula is C13H15N5O3. The second-order valence-corrected chi connectivity index (χ2v) is 4.49. The van der Waals surface area contributed by atoms with Crippen molar-refractivity contribution in [3.63, 3.8) is 0 Å². The van der Waals surface area contributed by atoms with Gasteiger partial charge in [-0.05, 0) is 22.9 Å². The van der Waals surface area contributed by atoms with Gasteiger partial charge in [0.1, 0.15) is 18.4 Å². The van der Waals surface area contributed by atoms with Crippen LogP contribution in [0.4, 0.5) is 0 Å². The normalized spacial score (nSPS) is 11.9. The van der Waals surface area contributed by atoms with E-state index in [0.29, 0.717) is 12.2 Å². The van der Waals surface area contributed by atoms with Crippen molar-refractivity contribution in [3.05, 3.63) is 41.7 Å². The molecule has 1 atom stereocenters. The Morgan fingerprint density at radius 2 is 2.05 bits per heavy atom. The molecule has 8 heteroatoms. The minimum Gasteiger partial charge on any atom is -0.480 e. The first-order valence-electron chi connectivity index (χ1n) is 6.36. The lowest BCUT2D eigenvalue weighted by Crippen LogP contribution is -2.37. The van der Waals surface area contributed by atoms with Gasteiger partial charge in [-0.15, -0.1) is 5.10 Å². The second kappa shape index (κ2) is 6.60. The average molecular weight is 289 g/mol. The van der Waals surface area contributed by atoms with Crippen LogP contribution in [-0.2, 0) is 16.0 Å². The number of tetrazole rings is 1. The molecule has 110 valence electrons. The molecule has 2 rings (SSSR count). The zero-order valence-corrected chi connectivity index (χ0v) is 11.4. The Bertz CT molecular complexity index is 626. The van der Waals surface area contributed by atoms with Crippen molar-refractivity contribution >= 4 is 11.9 Å². The maximum atomic E-state index is 12.2. The molecule has 1 unspecified atom stereocenters. The predicted molar refractivity (Wildman–Crippen MR) is 72.4 cm³/mol. The summed E-state index contributed by atoms with van der Waals surface area (Å²) >= 11 is 0. The summed E-state index contributed by atoms with van der Waals surface area (Å²) in [5.74, 6) is -1.05. The molecule has 1 aromatic heterocycles. The summed E-state index contributed by atoms with van der Waals surface area (Å²) in [4.78, 5) is 22.8. The van der Waals surface area contributed by atoms with Crippen LogP contribution in [-0.4, -0.2) is 43.7 Å². The molecule has 1 heterocycles. The van der Waals surface area contributed by atoms with Gasteiger partial charge in [-0.3, -0.25) is 9.59 Å². The Morgan fingerprint density at radius 3 is 2.62 bits per heavy atom. The Kier molecular flexibility index (Phi) is 4.60. The van der Waals surface area contributed by atoms with Crippen LogP contribution < -0.4 is 5.32 Å². The number of nitrogens with zero attached hydrogens (tertiary/aromatic N) is 4. The molecule has 0 radical (unpaired) electrons.